The van der Waals surface area contributed by atoms with Crippen LogP contribution in [0, 0.1) is 11.3 Å². The molecular formula is C37H45IO5. The van der Waals surface area contributed by atoms with Crippen LogP contribution < -0.4 is 0 Å². The van der Waals surface area contributed by atoms with E-state index in [4.69, 9.17) is 14.2 Å². The van der Waals surface area contributed by atoms with Crippen molar-refractivity contribution in [3.63, 3.8) is 0 Å². The van der Waals surface area contributed by atoms with E-state index in [1.807, 2.05) is 51.1 Å². The van der Waals surface area contributed by atoms with Crippen molar-refractivity contribution in [2.45, 2.75) is 91.0 Å². The molecule has 1 aliphatic heterocycles. The van der Waals surface area contributed by atoms with Crippen LogP contribution in [0.3, 0.4) is 0 Å². The summed E-state index contributed by atoms with van der Waals surface area (Å²) in [6.07, 6.45) is 6.35. The molecule has 43 heavy (non-hydrogen) atoms. The molecule has 4 rings (SSSR count). The summed E-state index contributed by atoms with van der Waals surface area (Å²) in [5.41, 5.74) is 5.58. The van der Waals surface area contributed by atoms with Gasteiger partial charge in [0, 0.05) is 23.1 Å². The highest BCUT2D eigenvalue weighted by Gasteiger charge is 2.33. The normalized spacial score (nSPS) is 19.7. The molecule has 2 aromatic carbocycles. The van der Waals surface area contributed by atoms with Crippen LogP contribution in [0.2, 0.25) is 0 Å². The van der Waals surface area contributed by atoms with E-state index in [9.17, 15) is 9.59 Å². The lowest BCUT2D eigenvalue weighted by Crippen LogP contribution is -2.23. The first-order chi connectivity index (χ1) is 20.4. The van der Waals surface area contributed by atoms with Gasteiger partial charge < -0.3 is 14.2 Å². The Morgan fingerprint density at radius 2 is 1.67 bits per heavy atom. The molecule has 3 atom stereocenters. The van der Waals surface area contributed by atoms with Crippen molar-refractivity contribution in [3.05, 3.63) is 105 Å². The van der Waals surface area contributed by atoms with Gasteiger partial charge >= 0.3 is 11.9 Å². The smallest absolute Gasteiger partial charge is 0.334 e. The lowest BCUT2D eigenvalue weighted by atomic mass is 9.96. The van der Waals surface area contributed by atoms with Crippen LogP contribution in [0.4, 0.5) is 0 Å². The molecule has 1 saturated heterocycles. The zero-order valence-electron chi connectivity index (χ0n) is 26.0. The molecule has 0 radical (unpaired) electrons. The second-order valence-corrected chi connectivity index (χ2v) is 14.2. The fourth-order valence-electron chi connectivity index (χ4n) is 5.53. The summed E-state index contributed by atoms with van der Waals surface area (Å²) in [7, 11) is 0. The van der Waals surface area contributed by atoms with Gasteiger partial charge in [-0.05, 0) is 108 Å². The van der Waals surface area contributed by atoms with Crippen molar-refractivity contribution in [3.8, 4) is 0 Å². The van der Waals surface area contributed by atoms with E-state index in [-0.39, 0.29) is 30.1 Å². The summed E-state index contributed by atoms with van der Waals surface area (Å²) >= 11 is 2.25. The standard InChI is InChI=1S/C37H45IO5/c1-24(26(3)38)17-18-29(23-33-25(2)22-30(42-33)14-11-21-41-36(40)37(4,5)6)35(39)43-34-31-15-9-7-12-27(31)19-20-28-13-8-10-16-32(28)34/h7-10,12-13,15-16,18,24,30,33-34H,2-3,11,14,17,19-23H2,1,4-6H3/b29-18+/t24-,30+,33+/m1/s1. The molecule has 6 heteroatoms. The molecular weight excluding hydrogens is 651 g/mol. The average molecular weight is 697 g/mol. The molecule has 0 saturated carbocycles. The summed E-state index contributed by atoms with van der Waals surface area (Å²) in [5, 5.41) is 0. The fraction of sp³-hybridized carbons (Fsp3) is 0.459. The number of ether oxygens (including phenoxy) is 3. The Balaban J connectivity index is 1.48. The zero-order valence-corrected chi connectivity index (χ0v) is 28.2. The van der Waals surface area contributed by atoms with Gasteiger partial charge in [-0.2, -0.15) is 0 Å². The third kappa shape index (κ3) is 8.91. The van der Waals surface area contributed by atoms with Gasteiger partial charge in [-0.1, -0.05) is 74.7 Å². The first-order valence-corrected chi connectivity index (χ1v) is 16.4. The molecule has 1 heterocycles. The molecule has 0 amide bonds. The number of benzene rings is 2. The number of hydrogen-bond acceptors (Lipinski definition) is 5. The molecule has 0 spiro atoms. The van der Waals surface area contributed by atoms with Crippen molar-refractivity contribution in [1.82, 2.24) is 0 Å². The molecule has 1 fully saturated rings. The minimum Gasteiger partial charge on any atom is -0.465 e. The number of carbonyl (C=O) groups is 2. The number of fused-ring (bicyclic) bond motifs is 2. The second kappa shape index (κ2) is 14.8. The third-order valence-corrected chi connectivity index (χ3v) is 9.36. The fourth-order valence-corrected chi connectivity index (χ4v) is 5.79. The topological polar surface area (TPSA) is 61.8 Å². The molecule has 2 aromatic rings. The van der Waals surface area contributed by atoms with E-state index in [1.165, 1.54) is 11.1 Å². The molecule has 1 aliphatic carbocycles. The number of hydrogen-bond donors (Lipinski definition) is 0. The molecule has 0 unspecified atom stereocenters. The van der Waals surface area contributed by atoms with E-state index in [2.05, 4.69) is 66.9 Å². The number of allylic oxidation sites excluding steroid dienone is 2. The van der Waals surface area contributed by atoms with Crippen molar-refractivity contribution in [2.24, 2.45) is 11.3 Å². The van der Waals surface area contributed by atoms with Crippen molar-refractivity contribution in [1.29, 1.82) is 0 Å². The van der Waals surface area contributed by atoms with Gasteiger partial charge in [0.2, 0.25) is 0 Å². The summed E-state index contributed by atoms with van der Waals surface area (Å²) in [5.74, 6) is -0.298. The average Bonchev–Trinajstić information content (AvgIpc) is 3.24. The summed E-state index contributed by atoms with van der Waals surface area (Å²) in [6, 6.07) is 16.5. The summed E-state index contributed by atoms with van der Waals surface area (Å²) in [6.45, 7) is 16.4. The maximum Gasteiger partial charge on any atom is 0.334 e. The number of aryl methyl sites for hydroxylation is 2. The van der Waals surface area contributed by atoms with Gasteiger partial charge in [0.25, 0.3) is 0 Å². The minimum absolute atomic E-state index is 0.0169. The summed E-state index contributed by atoms with van der Waals surface area (Å²) in [4.78, 5) is 26.1. The highest BCUT2D eigenvalue weighted by atomic mass is 127. The van der Waals surface area contributed by atoms with Gasteiger partial charge in [0.15, 0.2) is 6.10 Å². The number of carbonyl (C=O) groups excluding carboxylic acids is 2. The van der Waals surface area contributed by atoms with Gasteiger partial charge in [-0.15, -0.1) is 0 Å². The number of halogens is 1. The minimum atomic E-state index is -0.511. The van der Waals surface area contributed by atoms with E-state index >= 15 is 0 Å². The summed E-state index contributed by atoms with van der Waals surface area (Å²) < 4.78 is 19.3. The Bertz CT molecular complexity index is 1320. The zero-order chi connectivity index (χ0) is 31.1. The van der Waals surface area contributed by atoms with E-state index in [1.54, 1.807) is 0 Å². The van der Waals surface area contributed by atoms with E-state index < -0.39 is 11.5 Å². The van der Waals surface area contributed by atoms with Crippen LogP contribution >= 0.6 is 22.6 Å². The Labute approximate surface area is 270 Å². The van der Waals surface area contributed by atoms with Crippen LogP contribution in [0.1, 0.15) is 88.2 Å². The monoisotopic (exact) mass is 696 g/mol. The lowest BCUT2D eigenvalue weighted by molar-refractivity contribution is -0.153. The van der Waals surface area contributed by atoms with Crippen LogP contribution in [-0.2, 0) is 36.6 Å². The Hall–Kier alpha value is -2.71. The van der Waals surface area contributed by atoms with Gasteiger partial charge in [0.1, 0.15) is 0 Å². The highest BCUT2D eigenvalue weighted by molar-refractivity contribution is 14.1. The Kier molecular flexibility index (Phi) is 11.5. The molecule has 0 bridgehead atoms. The maximum absolute atomic E-state index is 14.0. The largest absolute Gasteiger partial charge is 0.465 e. The van der Waals surface area contributed by atoms with Crippen LogP contribution in [0.5, 0.6) is 0 Å². The number of esters is 2. The quantitative estimate of drug-likeness (QED) is 0.0773. The Morgan fingerprint density at radius 1 is 1.07 bits per heavy atom. The number of rotatable bonds is 11. The first kappa shape index (κ1) is 33.2. The molecule has 5 nitrogen and oxygen atoms in total. The van der Waals surface area contributed by atoms with E-state index in [0.717, 1.165) is 46.0 Å². The molecule has 230 valence electrons. The molecule has 0 aromatic heterocycles. The van der Waals surface area contributed by atoms with Gasteiger partial charge in [-0.3, -0.25) is 4.79 Å². The third-order valence-electron chi connectivity index (χ3n) is 8.30. The van der Waals surface area contributed by atoms with Gasteiger partial charge in [-0.25, -0.2) is 4.79 Å². The maximum atomic E-state index is 14.0. The van der Waals surface area contributed by atoms with E-state index in [0.29, 0.717) is 31.4 Å². The van der Waals surface area contributed by atoms with Crippen molar-refractivity contribution in [2.75, 3.05) is 6.61 Å². The lowest BCUT2D eigenvalue weighted by Gasteiger charge is -2.23. The molecule has 0 N–H and O–H groups in total. The predicted molar refractivity (Wildman–Crippen MR) is 180 cm³/mol. The molecule has 2 aliphatic rings. The van der Waals surface area contributed by atoms with Crippen LogP contribution in [0.15, 0.2) is 82.5 Å². The van der Waals surface area contributed by atoms with Crippen LogP contribution in [0.25, 0.3) is 0 Å². The first-order valence-electron chi connectivity index (χ1n) is 15.3. The predicted octanol–water partition coefficient (Wildman–Crippen LogP) is 8.79. The van der Waals surface area contributed by atoms with Crippen LogP contribution in [-0.4, -0.2) is 30.8 Å². The van der Waals surface area contributed by atoms with Crippen molar-refractivity contribution < 1.29 is 23.8 Å². The second-order valence-electron chi connectivity index (χ2n) is 12.8. The van der Waals surface area contributed by atoms with Crippen molar-refractivity contribution >= 4 is 34.5 Å². The SMILES string of the molecule is C=C(I)[C@H](C)C/C=C(\C[C@@H]1O[C@@H](CCCOC(=O)C(C)(C)C)CC1=C)C(=O)OC1c2ccccc2CCc2ccccc21. The Morgan fingerprint density at radius 3 is 2.26 bits per heavy atom. The highest BCUT2D eigenvalue weighted by Crippen LogP contribution is 2.37. The van der Waals surface area contributed by atoms with Gasteiger partial charge in [0.05, 0.1) is 24.2 Å².